The first kappa shape index (κ1) is 23.1. The average molecular weight is 465 g/mol. The summed E-state index contributed by atoms with van der Waals surface area (Å²) < 4.78 is 13.0. The van der Waals surface area contributed by atoms with Crippen LogP contribution in [-0.2, 0) is 11.2 Å². The van der Waals surface area contributed by atoms with E-state index in [-0.39, 0.29) is 25.4 Å². The lowest BCUT2D eigenvalue weighted by Crippen LogP contribution is -2.64. The number of nitriles is 1. The molecule has 2 aromatic rings. The van der Waals surface area contributed by atoms with Crippen molar-refractivity contribution in [1.82, 2.24) is 14.6 Å². The predicted molar refractivity (Wildman–Crippen MR) is 125 cm³/mol. The van der Waals surface area contributed by atoms with E-state index in [1.165, 1.54) is 0 Å². The second-order valence-electron chi connectivity index (χ2n) is 8.16. The average Bonchev–Trinajstić information content (AvgIpc) is 3.37. The molecule has 11 nitrogen and oxygen atoms in total. The summed E-state index contributed by atoms with van der Waals surface area (Å²) in [7, 11) is 0. The summed E-state index contributed by atoms with van der Waals surface area (Å²) in [6.07, 6.45) is 9.51. The van der Waals surface area contributed by atoms with E-state index in [2.05, 4.69) is 16.0 Å². The first-order chi connectivity index (χ1) is 16.4. The number of nitrogens with two attached hydrogens (primary N) is 2. The molecule has 3 heterocycles. The number of benzene rings is 1. The lowest BCUT2D eigenvalue weighted by molar-refractivity contribution is -0.129. The number of carbonyl (C=O) groups is 1. The van der Waals surface area contributed by atoms with Crippen LogP contribution < -0.4 is 25.9 Å². The summed E-state index contributed by atoms with van der Waals surface area (Å²) in [5, 5.41) is 11.1. The molecule has 4 N–H and O–H groups in total. The highest BCUT2D eigenvalue weighted by Crippen LogP contribution is 2.32. The summed E-state index contributed by atoms with van der Waals surface area (Å²) in [6.45, 7) is 3.18. The Morgan fingerprint density at radius 3 is 2.82 bits per heavy atom. The van der Waals surface area contributed by atoms with Gasteiger partial charge in [-0.1, -0.05) is 6.07 Å². The standard InChI is InChI=1S/C23H28N8O3/c1-17-13-21(28-16-31(17)29-10-8-27-15-29)30(9-2-7-24)23(26,22(25)32)6-5-18-3-4-19-20(14-18)34-12-11-33-19/h3-4,8,10,13-17H,2,5-6,9,11-12,26H2,1H3,(H2,25,32). The Balaban J connectivity index is 1.57. The highest BCUT2D eigenvalue weighted by molar-refractivity contribution is 5.84. The highest BCUT2D eigenvalue weighted by Gasteiger charge is 2.40. The molecule has 1 amide bonds. The van der Waals surface area contributed by atoms with Crippen molar-refractivity contribution in [3.8, 4) is 17.6 Å². The van der Waals surface area contributed by atoms with Crippen molar-refractivity contribution in [2.45, 2.75) is 37.9 Å². The van der Waals surface area contributed by atoms with Crippen molar-refractivity contribution >= 4 is 12.2 Å². The number of ether oxygens (including phenoxy) is 2. The van der Waals surface area contributed by atoms with Gasteiger partial charge >= 0.3 is 0 Å². The van der Waals surface area contributed by atoms with Crippen molar-refractivity contribution in [1.29, 1.82) is 5.26 Å². The lowest BCUT2D eigenvalue weighted by atomic mass is 9.97. The second-order valence-corrected chi connectivity index (χ2v) is 8.16. The van der Waals surface area contributed by atoms with Crippen molar-refractivity contribution in [3.05, 3.63) is 54.4 Å². The van der Waals surface area contributed by atoms with Crippen LogP contribution in [0.25, 0.3) is 0 Å². The summed E-state index contributed by atoms with van der Waals surface area (Å²) in [4.78, 5) is 22.9. The summed E-state index contributed by atoms with van der Waals surface area (Å²) in [5.74, 6) is 1.16. The molecule has 2 aliphatic rings. The van der Waals surface area contributed by atoms with Crippen LogP contribution in [0.4, 0.5) is 0 Å². The maximum atomic E-state index is 12.7. The third kappa shape index (κ3) is 4.67. The number of primary amides is 1. The first-order valence-electron chi connectivity index (χ1n) is 11.1. The molecule has 4 rings (SSSR count). The van der Waals surface area contributed by atoms with Gasteiger partial charge in [-0.2, -0.15) is 5.26 Å². The van der Waals surface area contributed by atoms with Crippen LogP contribution in [0.15, 0.2) is 53.8 Å². The number of nitrogens with zero attached hydrogens (tertiary/aromatic N) is 6. The van der Waals surface area contributed by atoms with Gasteiger partial charge in [0.2, 0.25) is 0 Å². The fourth-order valence-electron chi connectivity index (χ4n) is 4.03. The molecule has 0 radical (unpaired) electrons. The zero-order valence-electron chi connectivity index (χ0n) is 19.0. The van der Waals surface area contributed by atoms with Gasteiger partial charge in [0.05, 0.1) is 18.5 Å². The molecule has 0 saturated heterocycles. The molecule has 2 atom stereocenters. The molecule has 34 heavy (non-hydrogen) atoms. The summed E-state index contributed by atoms with van der Waals surface area (Å²) in [5.41, 5.74) is 11.9. The van der Waals surface area contributed by atoms with E-state index in [9.17, 15) is 10.1 Å². The van der Waals surface area contributed by atoms with Crippen LogP contribution in [0.1, 0.15) is 25.3 Å². The Morgan fingerprint density at radius 1 is 1.35 bits per heavy atom. The van der Waals surface area contributed by atoms with Crippen molar-refractivity contribution < 1.29 is 14.3 Å². The molecule has 1 aromatic carbocycles. The van der Waals surface area contributed by atoms with Gasteiger partial charge in [0.1, 0.15) is 31.7 Å². The van der Waals surface area contributed by atoms with Gasteiger partial charge in [0.15, 0.2) is 17.2 Å². The largest absolute Gasteiger partial charge is 0.486 e. The third-order valence-corrected chi connectivity index (χ3v) is 5.91. The molecule has 0 fully saturated rings. The zero-order valence-corrected chi connectivity index (χ0v) is 19.0. The molecular formula is C23H28N8O3. The number of fused-ring (bicyclic) bond motifs is 1. The van der Waals surface area contributed by atoms with E-state index in [4.69, 9.17) is 20.9 Å². The number of imidazole rings is 1. The Morgan fingerprint density at radius 2 is 2.15 bits per heavy atom. The van der Waals surface area contributed by atoms with Crippen LogP contribution in [0.5, 0.6) is 11.5 Å². The van der Waals surface area contributed by atoms with Gasteiger partial charge in [0.25, 0.3) is 5.91 Å². The van der Waals surface area contributed by atoms with Gasteiger partial charge in [-0.05, 0) is 43.5 Å². The van der Waals surface area contributed by atoms with Crippen LogP contribution in [0.3, 0.4) is 0 Å². The Hall–Kier alpha value is -4.04. The highest BCUT2D eigenvalue weighted by atomic mass is 16.6. The van der Waals surface area contributed by atoms with E-state index in [1.54, 1.807) is 34.6 Å². The zero-order chi connectivity index (χ0) is 24.1. The molecule has 1 aromatic heterocycles. The maximum Gasteiger partial charge on any atom is 0.258 e. The SMILES string of the molecule is CC1C=C(N(CCC#N)C(N)(CCc2ccc3c(c2)OCCO3)C(N)=O)N=CN1n1ccnc1. The molecule has 178 valence electrons. The van der Waals surface area contributed by atoms with Crippen molar-refractivity contribution in [2.75, 3.05) is 24.8 Å². The number of aromatic nitrogens is 2. The molecule has 0 aliphatic carbocycles. The fraction of sp³-hybridized carbons (Fsp3) is 0.391. The van der Waals surface area contributed by atoms with E-state index in [0.29, 0.717) is 37.0 Å². The quantitative estimate of drug-likeness (QED) is 0.519. The predicted octanol–water partition coefficient (Wildman–Crippen LogP) is 0.853. The van der Waals surface area contributed by atoms with Gasteiger partial charge in [-0.25, -0.2) is 14.7 Å². The van der Waals surface area contributed by atoms with Crippen molar-refractivity contribution in [3.63, 3.8) is 0 Å². The fourth-order valence-corrected chi connectivity index (χ4v) is 4.03. The molecule has 0 saturated carbocycles. The Labute approximate surface area is 197 Å². The third-order valence-electron chi connectivity index (χ3n) is 5.91. The minimum atomic E-state index is -1.55. The van der Waals surface area contributed by atoms with Crippen LogP contribution in [0, 0.1) is 11.3 Å². The number of rotatable bonds is 9. The molecule has 0 spiro atoms. The number of amides is 1. The van der Waals surface area contributed by atoms with E-state index in [0.717, 1.165) is 5.56 Å². The number of aliphatic imine (C=N–C) groups is 1. The molecule has 11 heteroatoms. The molecule has 0 bridgehead atoms. The topological polar surface area (TPSA) is 148 Å². The number of hydrogen-bond acceptors (Lipinski definition) is 9. The van der Waals surface area contributed by atoms with E-state index < -0.39 is 11.6 Å². The molecule has 2 aliphatic heterocycles. The second kappa shape index (κ2) is 9.84. The van der Waals surface area contributed by atoms with Crippen LogP contribution in [0.2, 0.25) is 0 Å². The lowest BCUT2D eigenvalue weighted by Gasteiger charge is -2.41. The van der Waals surface area contributed by atoms with E-state index >= 15 is 0 Å². The normalized spacial score (nSPS) is 18.6. The number of aryl methyl sites for hydroxylation is 1. The summed E-state index contributed by atoms with van der Waals surface area (Å²) in [6, 6.07) is 7.66. The molecule has 2 unspecified atom stereocenters. The number of carbonyl (C=O) groups excluding carboxylic acids is 1. The first-order valence-corrected chi connectivity index (χ1v) is 11.1. The maximum absolute atomic E-state index is 12.7. The van der Waals surface area contributed by atoms with Crippen molar-refractivity contribution in [2.24, 2.45) is 16.5 Å². The smallest absolute Gasteiger partial charge is 0.258 e. The van der Waals surface area contributed by atoms with Gasteiger partial charge < -0.3 is 25.8 Å². The Kier molecular flexibility index (Phi) is 6.70. The minimum Gasteiger partial charge on any atom is -0.486 e. The van der Waals surface area contributed by atoms with E-state index in [1.807, 2.05) is 36.2 Å². The number of hydrogen-bond donors (Lipinski definition) is 2. The molecular weight excluding hydrogens is 436 g/mol. The summed E-state index contributed by atoms with van der Waals surface area (Å²) >= 11 is 0. The van der Waals surface area contributed by atoms with Gasteiger partial charge in [-0.15, -0.1) is 0 Å². The van der Waals surface area contributed by atoms with Crippen LogP contribution >= 0.6 is 0 Å². The minimum absolute atomic E-state index is 0.110. The van der Waals surface area contributed by atoms with Gasteiger partial charge in [-0.3, -0.25) is 9.80 Å². The Bertz CT molecular complexity index is 1120. The van der Waals surface area contributed by atoms with Crippen LogP contribution in [-0.4, -0.2) is 58.3 Å². The monoisotopic (exact) mass is 464 g/mol. The van der Waals surface area contributed by atoms with Gasteiger partial charge in [0, 0.05) is 18.9 Å².